The van der Waals surface area contributed by atoms with Crippen LogP contribution in [0.25, 0.3) is 10.9 Å². The highest BCUT2D eigenvalue weighted by atomic mass is 19.1. The van der Waals surface area contributed by atoms with E-state index in [9.17, 15) is 0 Å². The number of fused-ring (bicyclic) bond motifs is 1. The fourth-order valence-electron chi connectivity index (χ4n) is 3.62. The third-order valence-electron chi connectivity index (χ3n) is 4.93. The molecule has 0 bridgehead atoms. The molecule has 124 valence electrons. The highest BCUT2D eigenvalue weighted by Gasteiger charge is 2.40. The maximum absolute atomic E-state index is 15.1. The van der Waals surface area contributed by atoms with E-state index in [1.165, 1.54) is 0 Å². The number of nitrogens with zero attached hydrogens (tertiary/aromatic N) is 2. The van der Waals surface area contributed by atoms with E-state index < -0.39 is 5.79 Å². The number of pyridine rings is 1. The topological polar surface area (TPSA) is 50.4 Å². The lowest BCUT2D eigenvalue weighted by molar-refractivity contribution is -0.169. The summed E-state index contributed by atoms with van der Waals surface area (Å²) >= 11 is 0. The minimum atomic E-state index is -0.450. The van der Waals surface area contributed by atoms with Crippen molar-refractivity contribution in [1.29, 1.82) is 0 Å². The van der Waals surface area contributed by atoms with Crippen molar-refractivity contribution in [3.63, 3.8) is 0 Å². The minimum Gasteiger partial charge on any atom is -0.360 e. The Morgan fingerprint density at radius 2 is 1.96 bits per heavy atom. The molecule has 23 heavy (non-hydrogen) atoms. The number of hydrogen-bond donors (Lipinski definition) is 1. The Bertz CT molecular complexity index is 712. The summed E-state index contributed by atoms with van der Waals surface area (Å²) in [6, 6.07) is 0. The molecule has 1 spiro atoms. The molecular weight excluding hydrogens is 297 g/mol. The fraction of sp³-hybridized carbons (Fsp3) is 0.588. The molecule has 0 saturated carbocycles. The first-order valence-corrected chi connectivity index (χ1v) is 8.28. The standard InChI is InChI=1S/C17H22FN3O2/c1-11(2)12-9-19-13-10-20-16(15(18)14(12)13)21-5-3-17(4-6-21)22-7-8-23-17/h9-11,19H,3-8H2,1-2H3. The molecule has 5 nitrogen and oxygen atoms in total. The predicted molar refractivity (Wildman–Crippen MR) is 86.2 cm³/mol. The summed E-state index contributed by atoms with van der Waals surface area (Å²) in [5.74, 6) is 0.0239. The summed E-state index contributed by atoms with van der Waals surface area (Å²) in [7, 11) is 0. The summed E-state index contributed by atoms with van der Waals surface area (Å²) in [5.41, 5.74) is 1.75. The van der Waals surface area contributed by atoms with Crippen molar-refractivity contribution in [1.82, 2.24) is 9.97 Å². The zero-order valence-corrected chi connectivity index (χ0v) is 13.6. The van der Waals surface area contributed by atoms with E-state index in [1.807, 2.05) is 11.1 Å². The van der Waals surface area contributed by atoms with Crippen molar-refractivity contribution < 1.29 is 13.9 Å². The molecule has 2 aromatic rings. The molecule has 2 aliphatic heterocycles. The monoisotopic (exact) mass is 319 g/mol. The van der Waals surface area contributed by atoms with Crippen molar-refractivity contribution in [2.45, 2.75) is 38.4 Å². The lowest BCUT2D eigenvalue weighted by Gasteiger charge is -2.38. The van der Waals surface area contributed by atoms with Crippen LogP contribution in [0.2, 0.25) is 0 Å². The van der Waals surface area contributed by atoms with E-state index >= 15 is 4.39 Å². The second kappa shape index (κ2) is 5.46. The number of halogens is 1. The molecule has 0 aliphatic carbocycles. The first-order valence-electron chi connectivity index (χ1n) is 8.28. The number of aromatic nitrogens is 2. The van der Waals surface area contributed by atoms with Crippen LogP contribution in [0.1, 0.15) is 38.2 Å². The largest absolute Gasteiger partial charge is 0.360 e. The summed E-state index contributed by atoms with van der Waals surface area (Å²) in [4.78, 5) is 9.48. The number of piperidine rings is 1. The third-order valence-corrected chi connectivity index (χ3v) is 4.93. The molecule has 4 rings (SSSR count). The van der Waals surface area contributed by atoms with E-state index in [0.717, 1.165) is 23.9 Å². The normalized spacial score (nSPS) is 21.0. The average molecular weight is 319 g/mol. The zero-order chi connectivity index (χ0) is 16.0. The summed E-state index contributed by atoms with van der Waals surface area (Å²) in [6.07, 6.45) is 5.11. The molecule has 0 unspecified atom stereocenters. The van der Waals surface area contributed by atoms with Gasteiger partial charge >= 0.3 is 0 Å². The predicted octanol–water partition coefficient (Wildman–Crippen LogP) is 3.17. The first-order chi connectivity index (χ1) is 11.1. The van der Waals surface area contributed by atoms with Gasteiger partial charge in [0.2, 0.25) is 0 Å². The zero-order valence-electron chi connectivity index (χ0n) is 13.6. The van der Waals surface area contributed by atoms with Gasteiger partial charge in [0.25, 0.3) is 0 Å². The van der Waals surface area contributed by atoms with Crippen LogP contribution in [0.15, 0.2) is 12.4 Å². The fourth-order valence-corrected chi connectivity index (χ4v) is 3.62. The summed E-state index contributed by atoms with van der Waals surface area (Å²) in [5, 5.41) is 0.665. The Morgan fingerprint density at radius 3 is 2.61 bits per heavy atom. The van der Waals surface area contributed by atoms with E-state index in [1.54, 1.807) is 6.20 Å². The summed E-state index contributed by atoms with van der Waals surface area (Å²) < 4.78 is 26.6. The van der Waals surface area contributed by atoms with Crippen molar-refractivity contribution >= 4 is 16.7 Å². The van der Waals surface area contributed by atoms with Gasteiger partial charge in [-0.3, -0.25) is 0 Å². The lowest BCUT2D eigenvalue weighted by Crippen LogP contribution is -2.45. The molecule has 2 aliphatic rings. The lowest BCUT2D eigenvalue weighted by atomic mass is 10.0. The first kappa shape index (κ1) is 14.9. The highest BCUT2D eigenvalue weighted by molar-refractivity contribution is 5.86. The van der Waals surface area contributed by atoms with Crippen molar-refractivity contribution in [2.75, 3.05) is 31.2 Å². The van der Waals surface area contributed by atoms with E-state index in [-0.39, 0.29) is 11.7 Å². The van der Waals surface area contributed by atoms with Crippen molar-refractivity contribution in [2.24, 2.45) is 0 Å². The number of anilines is 1. The van der Waals surface area contributed by atoms with Crippen LogP contribution >= 0.6 is 0 Å². The van der Waals surface area contributed by atoms with Gasteiger partial charge in [-0.15, -0.1) is 0 Å². The van der Waals surface area contributed by atoms with Gasteiger partial charge in [-0.2, -0.15) is 0 Å². The second-order valence-corrected chi connectivity index (χ2v) is 6.68. The van der Waals surface area contributed by atoms with E-state index in [4.69, 9.17) is 9.47 Å². The number of hydrogen-bond acceptors (Lipinski definition) is 4. The number of H-pyrrole nitrogens is 1. The number of aromatic amines is 1. The molecular formula is C17H22FN3O2. The molecule has 0 aromatic carbocycles. The second-order valence-electron chi connectivity index (χ2n) is 6.68. The Morgan fingerprint density at radius 1 is 1.26 bits per heavy atom. The van der Waals surface area contributed by atoms with Crippen LogP contribution in [0, 0.1) is 5.82 Å². The number of rotatable bonds is 2. The maximum atomic E-state index is 15.1. The maximum Gasteiger partial charge on any atom is 0.175 e. The quantitative estimate of drug-likeness (QED) is 0.924. The molecule has 2 fully saturated rings. The smallest absolute Gasteiger partial charge is 0.175 e. The van der Waals surface area contributed by atoms with Gasteiger partial charge in [0.1, 0.15) is 0 Å². The van der Waals surface area contributed by atoms with Gasteiger partial charge in [0.15, 0.2) is 17.4 Å². The summed E-state index contributed by atoms with van der Waals surface area (Å²) in [6.45, 7) is 6.83. The number of ether oxygens (including phenoxy) is 2. The number of nitrogens with one attached hydrogen (secondary N) is 1. The van der Waals surface area contributed by atoms with Crippen LogP contribution in [0.5, 0.6) is 0 Å². The Hall–Kier alpha value is -1.66. The van der Waals surface area contributed by atoms with Gasteiger partial charge < -0.3 is 19.4 Å². The van der Waals surface area contributed by atoms with E-state index in [2.05, 4.69) is 23.8 Å². The van der Waals surface area contributed by atoms with Gasteiger partial charge in [-0.25, -0.2) is 9.37 Å². The highest BCUT2D eigenvalue weighted by Crippen LogP contribution is 2.36. The van der Waals surface area contributed by atoms with Gasteiger partial charge in [-0.1, -0.05) is 13.8 Å². The van der Waals surface area contributed by atoms with Crippen LogP contribution in [-0.2, 0) is 9.47 Å². The molecule has 4 heterocycles. The van der Waals surface area contributed by atoms with Crippen LogP contribution in [0.3, 0.4) is 0 Å². The van der Waals surface area contributed by atoms with Crippen LogP contribution in [0.4, 0.5) is 10.2 Å². The van der Waals surface area contributed by atoms with Crippen molar-refractivity contribution in [3.05, 3.63) is 23.8 Å². The molecule has 1 N–H and O–H groups in total. The average Bonchev–Trinajstić information content (AvgIpc) is 3.17. The third kappa shape index (κ3) is 2.40. The van der Waals surface area contributed by atoms with Gasteiger partial charge in [0, 0.05) is 37.5 Å². The van der Waals surface area contributed by atoms with Gasteiger partial charge in [0.05, 0.1) is 24.9 Å². The van der Waals surface area contributed by atoms with Crippen LogP contribution < -0.4 is 4.90 Å². The Balaban J connectivity index is 1.64. The van der Waals surface area contributed by atoms with Crippen molar-refractivity contribution in [3.8, 4) is 0 Å². The molecule has 0 amide bonds. The molecule has 2 aromatic heterocycles. The minimum absolute atomic E-state index is 0.225. The Labute approximate surface area is 134 Å². The SMILES string of the molecule is CC(C)c1c[nH]c2cnc(N3CCC4(CC3)OCCO4)c(F)c12. The van der Waals surface area contributed by atoms with E-state index in [0.29, 0.717) is 37.5 Å². The van der Waals surface area contributed by atoms with Crippen LogP contribution in [-0.4, -0.2) is 42.1 Å². The molecule has 0 atom stereocenters. The molecule has 6 heteroatoms. The molecule has 0 radical (unpaired) electrons. The molecule has 2 saturated heterocycles. The van der Waals surface area contributed by atoms with Gasteiger partial charge in [-0.05, 0) is 11.5 Å². The Kier molecular flexibility index (Phi) is 3.54.